The smallest absolute Gasteiger partial charge is 0.328 e. The number of benzene rings is 1. The van der Waals surface area contributed by atoms with Gasteiger partial charge in [0.1, 0.15) is 6.04 Å². The maximum Gasteiger partial charge on any atom is 0.328 e. The second-order valence-electron chi connectivity index (χ2n) is 5.99. The summed E-state index contributed by atoms with van der Waals surface area (Å²) in [5.74, 6) is -0.657. The number of methoxy groups -OCH3 is 1. The van der Waals surface area contributed by atoms with E-state index in [1.165, 1.54) is 12.0 Å². The number of nitrogens with zero attached hydrogens (tertiary/aromatic N) is 2. The summed E-state index contributed by atoms with van der Waals surface area (Å²) >= 11 is 12.1. The summed E-state index contributed by atoms with van der Waals surface area (Å²) < 4.78 is 4.79. The number of carbonyl (C=O) groups is 2. The highest BCUT2D eigenvalue weighted by Gasteiger charge is 2.35. The Bertz CT molecular complexity index is 641. The molecule has 1 amide bonds. The number of esters is 1. The normalized spacial score (nSPS) is 19.6. The molecule has 0 radical (unpaired) electrons. The fraction of sp³-hybridized carbons (Fsp3) is 0.529. The lowest BCUT2D eigenvalue weighted by molar-refractivity contribution is -0.153. The van der Waals surface area contributed by atoms with Crippen molar-refractivity contribution in [2.45, 2.75) is 31.8 Å². The van der Waals surface area contributed by atoms with Crippen molar-refractivity contribution < 1.29 is 19.4 Å². The van der Waals surface area contributed by atoms with Crippen LogP contribution < -0.4 is 4.90 Å². The molecule has 1 heterocycles. The van der Waals surface area contributed by atoms with Gasteiger partial charge < -0.3 is 19.6 Å². The summed E-state index contributed by atoms with van der Waals surface area (Å²) in [5, 5.41) is 10.2. The van der Waals surface area contributed by atoms with Crippen LogP contribution in [-0.4, -0.2) is 60.8 Å². The fourth-order valence-corrected chi connectivity index (χ4v) is 3.37. The number of aliphatic hydroxyl groups is 1. The molecule has 1 aliphatic heterocycles. The number of halogens is 2. The zero-order valence-electron chi connectivity index (χ0n) is 14.2. The first-order chi connectivity index (χ1) is 11.9. The summed E-state index contributed by atoms with van der Waals surface area (Å²) in [4.78, 5) is 28.2. The first kappa shape index (κ1) is 19.8. The van der Waals surface area contributed by atoms with Crippen molar-refractivity contribution in [1.29, 1.82) is 0 Å². The fourth-order valence-electron chi connectivity index (χ4n) is 3.07. The van der Waals surface area contributed by atoms with Crippen LogP contribution in [0.4, 0.5) is 5.69 Å². The zero-order valence-corrected chi connectivity index (χ0v) is 15.8. The number of rotatable bonds is 5. The predicted molar refractivity (Wildman–Crippen MR) is 97.1 cm³/mol. The van der Waals surface area contributed by atoms with Crippen molar-refractivity contribution in [3.05, 3.63) is 28.2 Å². The van der Waals surface area contributed by atoms with E-state index in [4.69, 9.17) is 27.9 Å². The van der Waals surface area contributed by atoms with E-state index in [9.17, 15) is 14.7 Å². The number of aliphatic hydroxyl groups excluding tert-OH is 1. The van der Waals surface area contributed by atoms with Crippen molar-refractivity contribution >= 4 is 40.8 Å². The summed E-state index contributed by atoms with van der Waals surface area (Å²) in [6.45, 7) is 2.62. The monoisotopic (exact) mass is 388 g/mol. The molecule has 1 N–H and O–H groups in total. The predicted octanol–water partition coefficient (Wildman–Crippen LogP) is 2.34. The third-order valence-electron chi connectivity index (χ3n) is 4.37. The van der Waals surface area contributed by atoms with E-state index in [0.717, 1.165) is 5.69 Å². The van der Waals surface area contributed by atoms with Gasteiger partial charge in [-0.15, -0.1) is 0 Å². The average Bonchev–Trinajstić information content (AvgIpc) is 2.73. The summed E-state index contributed by atoms with van der Waals surface area (Å²) in [6, 6.07) is 4.52. The van der Waals surface area contributed by atoms with Gasteiger partial charge in [0.05, 0.1) is 17.2 Å². The number of anilines is 1. The van der Waals surface area contributed by atoms with Gasteiger partial charge in [-0.1, -0.05) is 23.2 Å². The Morgan fingerprint density at radius 1 is 1.40 bits per heavy atom. The second kappa shape index (κ2) is 8.74. The minimum Gasteiger partial charge on any atom is -0.467 e. The molecule has 1 saturated heterocycles. The highest BCUT2D eigenvalue weighted by atomic mass is 35.5. The molecule has 1 aliphatic rings. The summed E-state index contributed by atoms with van der Waals surface area (Å²) in [7, 11) is 1.28. The van der Waals surface area contributed by atoms with Crippen LogP contribution in [0.15, 0.2) is 18.2 Å². The maximum atomic E-state index is 12.6. The van der Waals surface area contributed by atoms with Crippen LogP contribution in [0, 0.1) is 0 Å². The Hall–Kier alpha value is -1.50. The molecule has 0 bridgehead atoms. The van der Waals surface area contributed by atoms with Gasteiger partial charge >= 0.3 is 5.97 Å². The average molecular weight is 389 g/mol. The van der Waals surface area contributed by atoms with Crippen molar-refractivity contribution in [3.8, 4) is 0 Å². The highest BCUT2D eigenvalue weighted by molar-refractivity contribution is 6.42. The van der Waals surface area contributed by atoms with Gasteiger partial charge in [-0.2, -0.15) is 0 Å². The summed E-state index contributed by atoms with van der Waals surface area (Å²) in [6.07, 6.45) is 0.404. The molecule has 2 atom stereocenters. The van der Waals surface area contributed by atoms with E-state index < -0.39 is 12.0 Å². The number of carbonyl (C=O) groups excluding carboxylic acids is 2. The van der Waals surface area contributed by atoms with Gasteiger partial charge in [0.25, 0.3) is 0 Å². The molecule has 6 nitrogen and oxygen atoms in total. The molecule has 8 heteroatoms. The van der Waals surface area contributed by atoms with Crippen LogP contribution in [0.2, 0.25) is 10.0 Å². The van der Waals surface area contributed by atoms with E-state index in [1.54, 1.807) is 12.1 Å². The number of amides is 1. The Balaban J connectivity index is 2.25. The van der Waals surface area contributed by atoms with Crippen molar-refractivity contribution in [2.75, 3.05) is 31.7 Å². The molecular weight excluding hydrogens is 367 g/mol. The van der Waals surface area contributed by atoms with E-state index >= 15 is 0 Å². The number of ether oxygens (including phenoxy) is 1. The minimum absolute atomic E-state index is 0.0467. The lowest BCUT2D eigenvalue weighted by atomic mass is 10.1. The molecule has 2 unspecified atom stereocenters. The Kier molecular flexibility index (Phi) is 6.93. The van der Waals surface area contributed by atoms with Crippen LogP contribution in [0.1, 0.15) is 19.8 Å². The molecule has 0 spiro atoms. The van der Waals surface area contributed by atoms with Crippen LogP contribution in [0.25, 0.3) is 0 Å². The minimum atomic E-state index is -0.779. The van der Waals surface area contributed by atoms with Gasteiger partial charge in [0, 0.05) is 44.3 Å². The largest absolute Gasteiger partial charge is 0.467 e. The Morgan fingerprint density at radius 2 is 2.12 bits per heavy atom. The lowest BCUT2D eigenvalue weighted by Gasteiger charge is -2.33. The standard InChI is InChI=1S/C17H22Cl2N2O4/c1-11-10-21(15(6-8-22)17(24)25-2)16(23)5-7-20(11)12-3-4-13(18)14(19)9-12/h3-4,9,11,15,22H,5-8,10H2,1-2H3. The molecule has 138 valence electrons. The van der Waals surface area contributed by atoms with E-state index in [0.29, 0.717) is 23.1 Å². The molecule has 1 aromatic carbocycles. The summed E-state index contributed by atoms with van der Waals surface area (Å²) in [5.41, 5.74) is 0.869. The van der Waals surface area contributed by atoms with Gasteiger partial charge in [0.15, 0.2) is 0 Å². The molecule has 1 fully saturated rings. The van der Waals surface area contributed by atoms with Gasteiger partial charge in [-0.25, -0.2) is 4.79 Å². The molecule has 2 rings (SSSR count). The third-order valence-corrected chi connectivity index (χ3v) is 5.11. The molecular formula is C17H22Cl2N2O4. The van der Waals surface area contributed by atoms with Crippen LogP contribution in [0.5, 0.6) is 0 Å². The molecule has 0 saturated carbocycles. The van der Waals surface area contributed by atoms with E-state index in [-0.39, 0.29) is 31.4 Å². The van der Waals surface area contributed by atoms with Gasteiger partial charge in [-0.05, 0) is 25.1 Å². The van der Waals surface area contributed by atoms with Gasteiger partial charge in [0.2, 0.25) is 5.91 Å². The first-order valence-electron chi connectivity index (χ1n) is 8.08. The Morgan fingerprint density at radius 3 is 2.72 bits per heavy atom. The lowest BCUT2D eigenvalue weighted by Crippen LogP contribution is -2.49. The quantitative estimate of drug-likeness (QED) is 0.783. The number of hydrogen-bond acceptors (Lipinski definition) is 5. The first-order valence-corrected chi connectivity index (χ1v) is 8.84. The van der Waals surface area contributed by atoms with Crippen LogP contribution >= 0.6 is 23.2 Å². The van der Waals surface area contributed by atoms with Crippen LogP contribution in [-0.2, 0) is 14.3 Å². The molecule has 0 aromatic heterocycles. The Labute approximate surface area is 157 Å². The zero-order chi connectivity index (χ0) is 18.6. The molecule has 25 heavy (non-hydrogen) atoms. The van der Waals surface area contributed by atoms with Crippen molar-refractivity contribution in [3.63, 3.8) is 0 Å². The second-order valence-corrected chi connectivity index (χ2v) is 6.80. The van der Waals surface area contributed by atoms with E-state index in [2.05, 4.69) is 4.90 Å². The van der Waals surface area contributed by atoms with Crippen LogP contribution in [0.3, 0.4) is 0 Å². The third kappa shape index (κ3) is 4.57. The molecule has 1 aromatic rings. The van der Waals surface area contributed by atoms with Gasteiger partial charge in [-0.3, -0.25) is 4.79 Å². The SMILES string of the molecule is COC(=O)C(CCO)N1CC(C)N(c2ccc(Cl)c(Cl)c2)CCC1=O. The van der Waals surface area contributed by atoms with Crippen molar-refractivity contribution in [1.82, 2.24) is 4.90 Å². The molecule has 0 aliphatic carbocycles. The number of hydrogen-bond donors (Lipinski definition) is 1. The maximum absolute atomic E-state index is 12.6. The topological polar surface area (TPSA) is 70.1 Å². The van der Waals surface area contributed by atoms with Crippen molar-refractivity contribution in [2.24, 2.45) is 0 Å². The van der Waals surface area contributed by atoms with E-state index in [1.807, 2.05) is 13.0 Å². The highest BCUT2D eigenvalue weighted by Crippen LogP contribution is 2.29.